The summed E-state index contributed by atoms with van der Waals surface area (Å²) in [5.74, 6) is -1.48. The van der Waals surface area contributed by atoms with Crippen LogP contribution in [0.3, 0.4) is 0 Å². The summed E-state index contributed by atoms with van der Waals surface area (Å²) in [7, 11) is 1.53. The molecule has 0 aliphatic carbocycles. The fraction of sp³-hybridized carbons (Fsp3) is 0.125. The molecule has 118 valence electrons. The largest absolute Gasteiger partial charge is 0.333 e. The summed E-state index contributed by atoms with van der Waals surface area (Å²) in [5.41, 5.74) is 1.14. The molecule has 1 N–H and O–H groups in total. The number of carbonyl (C=O) groups excluding carboxylic acids is 2. The highest BCUT2D eigenvalue weighted by molar-refractivity contribution is 6.39. The smallest absolute Gasteiger partial charge is 0.313 e. The maximum absolute atomic E-state index is 12.0. The summed E-state index contributed by atoms with van der Waals surface area (Å²) in [6.07, 6.45) is 0. The van der Waals surface area contributed by atoms with E-state index >= 15 is 0 Å². The van der Waals surface area contributed by atoms with Gasteiger partial charge in [0.05, 0.1) is 4.92 Å². The van der Waals surface area contributed by atoms with Crippen molar-refractivity contribution < 1.29 is 14.5 Å². The maximum Gasteiger partial charge on any atom is 0.313 e. The molecule has 0 aliphatic rings. The molecular formula is C16H15N3O4. The Hall–Kier alpha value is -3.22. The summed E-state index contributed by atoms with van der Waals surface area (Å²) < 4.78 is 0. The molecule has 0 heterocycles. The average molecular weight is 313 g/mol. The second kappa shape index (κ2) is 7.17. The van der Waals surface area contributed by atoms with Gasteiger partial charge in [0.25, 0.3) is 5.69 Å². The quantitative estimate of drug-likeness (QED) is 0.532. The summed E-state index contributed by atoms with van der Waals surface area (Å²) in [5, 5.41) is 13.0. The normalized spacial score (nSPS) is 9.96. The summed E-state index contributed by atoms with van der Waals surface area (Å²) in [6, 6.07) is 14.6. The molecule has 7 nitrogen and oxygen atoms in total. The lowest BCUT2D eigenvalue weighted by Crippen LogP contribution is -2.36. The Morgan fingerprint density at radius 3 is 2.26 bits per heavy atom. The molecule has 0 saturated carbocycles. The number of nitrogens with zero attached hydrogens (tertiary/aromatic N) is 2. The van der Waals surface area contributed by atoms with Crippen molar-refractivity contribution in [3.63, 3.8) is 0 Å². The van der Waals surface area contributed by atoms with Crippen molar-refractivity contribution in [2.75, 3.05) is 12.4 Å². The van der Waals surface area contributed by atoms with Gasteiger partial charge in [0.2, 0.25) is 0 Å². The van der Waals surface area contributed by atoms with Gasteiger partial charge < -0.3 is 10.2 Å². The highest BCUT2D eigenvalue weighted by Gasteiger charge is 2.19. The van der Waals surface area contributed by atoms with Gasteiger partial charge in [0, 0.05) is 31.4 Å². The molecule has 0 aromatic heterocycles. The van der Waals surface area contributed by atoms with E-state index in [1.165, 1.54) is 36.2 Å². The fourth-order valence-corrected chi connectivity index (χ4v) is 1.95. The molecule has 0 atom stereocenters. The molecule has 7 heteroatoms. The van der Waals surface area contributed by atoms with Crippen LogP contribution >= 0.6 is 0 Å². The molecule has 0 spiro atoms. The third kappa shape index (κ3) is 4.37. The molecule has 0 aliphatic heterocycles. The van der Waals surface area contributed by atoms with E-state index in [0.29, 0.717) is 12.2 Å². The minimum absolute atomic E-state index is 0.0875. The van der Waals surface area contributed by atoms with Crippen LogP contribution in [0.2, 0.25) is 0 Å². The van der Waals surface area contributed by atoms with E-state index in [9.17, 15) is 19.7 Å². The number of carbonyl (C=O) groups is 2. The van der Waals surface area contributed by atoms with Gasteiger partial charge in [-0.1, -0.05) is 30.3 Å². The van der Waals surface area contributed by atoms with Crippen molar-refractivity contribution in [1.29, 1.82) is 0 Å². The van der Waals surface area contributed by atoms with Crippen LogP contribution in [0.5, 0.6) is 0 Å². The predicted octanol–water partition coefficient (Wildman–Crippen LogP) is 2.19. The van der Waals surface area contributed by atoms with Crippen LogP contribution in [-0.4, -0.2) is 28.7 Å². The number of hydrogen-bond donors (Lipinski definition) is 1. The van der Waals surface area contributed by atoms with Gasteiger partial charge in [-0.05, 0) is 17.7 Å². The van der Waals surface area contributed by atoms with E-state index in [1.54, 1.807) is 0 Å². The fourth-order valence-electron chi connectivity index (χ4n) is 1.95. The Labute approximate surface area is 132 Å². The number of likely N-dealkylation sites (N-methyl/N-ethyl adjacent to an activating group) is 1. The second-order valence-corrected chi connectivity index (χ2v) is 4.90. The highest BCUT2D eigenvalue weighted by atomic mass is 16.6. The number of nitro groups is 1. The average Bonchev–Trinajstić information content (AvgIpc) is 2.55. The van der Waals surface area contributed by atoms with Gasteiger partial charge in [-0.25, -0.2) is 0 Å². The second-order valence-electron chi connectivity index (χ2n) is 4.90. The lowest BCUT2D eigenvalue weighted by atomic mass is 10.2. The molecule has 0 fully saturated rings. The van der Waals surface area contributed by atoms with E-state index in [4.69, 9.17) is 0 Å². The van der Waals surface area contributed by atoms with E-state index in [0.717, 1.165) is 5.56 Å². The molecule has 2 rings (SSSR count). The van der Waals surface area contributed by atoms with Crippen molar-refractivity contribution in [1.82, 2.24) is 4.90 Å². The van der Waals surface area contributed by atoms with Gasteiger partial charge in [0.15, 0.2) is 0 Å². The van der Waals surface area contributed by atoms with Crippen molar-refractivity contribution in [3.05, 3.63) is 70.3 Å². The standard InChI is InChI=1S/C16H15N3O4/c1-18(11-12-5-3-2-4-6-12)16(21)15(20)17-13-7-9-14(10-8-13)19(22)23/h2-10H,11H2,1H3,(H,17,20). The van der Waals surface area contributed by atoms with E-state index in [1.807, 2.05) is 30.3 Å². The lowest BCUT2D eigenvalue weighted by molar-refractivity contribution is -0.384. The SMILES string of the molecule is CN(Cc1ccccc1)C(=O)C(=O)Nc1ccc([N+](=O)[O-])cc1. The zero-order valence-electron chi connectivity index (χ0n) is 12.4. The number of benzene rings is 2. The molecule has 2 aromatic carbocycles. The monoisotopic (exact) mass is 313 g/mol. The molecule has 2 amide bonds. The van der Waals surface area contributed by atoms with Crippen LogP contribution in [0.15, 0.2) is 54.6 Å². The lowest BCUT2D eigenvalue weighted by Gasteiger charge is -2.16. The minimum Gasteiger partial charge on any atom is -0.333 e. The molecule has 0 saturated heterocycles. The maximum atomic E-state index is 12.0. The summed E-state index contributed by atoms with van der Waals surface area (Å²) in [6.45, 7) is 0.313. The van der Waals surface area contributed by atoms with Crippen LogP contribution in [0.25, 0.3) is 0 Å². The number of anilines is 1. The van der Waals surface area contributed by atoms with Crippen LogP contribution < -0.4 is 5.32 Å². The van der Waals surface area contributed by atoms with Gasteiger partial charge >= 0.3 is 11.8 Å². The third-order valence-electron chi connectivity index (χ3n) is 3.14. The van der Waals surface area contributed by atoms with Crippen molar-refractivity contribution >= 4 is 23.2 Å². The Kier molecular flexibility index (Phi) is 5.03. The Morgan fingerprint density at radius 2 is 1.70 bits per heavy atom. The summed E-state index contributed by atoms with van der Waals surface area (Å²) >= 11 is 0. The van der Waals surface area contributed by atoms with Gasteiger partial charge in [-0.2, -0.15) is 0 Å². The van der Waals surface area contributed by atoms with E-state index in [2.05, 4.69) is 5.32 Å². The molecule has 23 heavy (non-hydrogen) atoms. The topological polar surface area (TPSA) is 92.6 Å². The van der Waals surface area contributed by atoms with Crippen LogP contribution in [-0.2, 0) is 16.1 Å². The number of hydrogen-bond acceptors (Lipinski definition) is 4. The van der Waals surface area contributed by atoms with Gasteiger partial charge in [-0.3, -0.25) is 19.7 Å². The van der Waals surface area contributed by atoms with Crippen molar-refractivity contribution in [2.45, 2.75) is 6.54 Å². The third-order valence-corrected chi connectivity index (χ3v) is 3.14. The zero-order valence-corrected chi connectivity index (χ0v) is 12.4. The first-order valence-electron chi connectivity index (χ1n) is 6.82. The Balaban J connectivity index is 1.96. The molecule has 0 radical (unpaired) electrons. The predicted molar refractivity (Wildman–Crippen MR) is 84.6 cm³/mol. The Morgan fingerprint density at radius 1 is 1.09 bits per heavy atom. The molecular weight excluding hydrogens is 298 g/mol. The first-order chi connectivity index (χ1) is 11.0. The first kappa shape index (κ1) is 16.2. The Bertz CT molecular complexity index is 714. The zero-order chi connectivity index (χ0) is 16.8. The molecule has 0 bridgehead atoms. The minimum atomic E-state index is -0.794. The van der Waals surface area contributed by atoms with Gasteiger partial charge in [0.1, 0.15) is 0 Å². The van der Waals surface area contributed by atoms with Crippen LogP contribution in [0.1, 0.15) is 5.56 Å². The van der Waals surface area contributed by atoms with E-state index < -0.39 is 16.7 Å². The summed E-state index contributed by atoms with van der Waals surface area (Å²) in [4.78, 5) is 35.3. The number of amides is 2. The molecule has 2 aromatic rings. The van der Waals surface area contributed by atoms with E-state index in [-0.39, 0.29) is 5.69 Å². The number of rotatable bonds is 4. The van der Waals surface area contributed by atoms with Gasteiger partial charge in [-0.15, -0.1) is 0 Å². The van der Waals surface area contributed by atoms with Crippen molar-refractivity contribution in [2.24, 2.45) is 0 Å². The van der Waals surface area contributed by atoms with Crippen molar-refractivity contribution in [3.8, 4) is 0 Å². The highest BCUT2D eigenvalue weighted by Crippen LogP contribution is 2.15. The van der Waals surface area contributed by atoms with Crippen LogP contribution in [0.4, 0.5) is 11.4 Å². The van der Waals surface area contributed by atoms with Crippen LogP contribution in [0, 0.1) is 10.1 Å². The number of non-ortho nitro benzene ring substituents is 1. The number of nitrogens with one attached hydrogen (secondary N) is 1. The first-order valence-corrected chi connectivity index (χ1v) is 6.82. The number of nitro benzene ring substituents is 1. The molecule has 0 unspecified atom stereocenters.